The van der Waals surface area contributed by atoms with E-state index in [9.17, 15) is 13.2 Å². The summed E-state index contributed by atoms with van der Waals surface area (Å²) in [5.41, 5.74) is 4.37. The fourth-order valence-corrected chi connectivity index (χ4v) is 4.35. The minimum Gasteiger partial charge on any atom is -0.332 e. The molecule has 31 heavy (non-hydrogen) atoms. The van der Waals surface area contributed by atoms with Gasteiger partial charge in [-0.1, -0.05) is 35.9 Å². The van der Waals surface area contributed by atoms with Gasteiger partial charge in [0, 0.05) is 11.3 Å². The van der Waals surface area contributed by atoms with Crippen LogP contribution in [0.15, 0.2) is 71.6 Å². The molecule has 1 amide bonds. The first-order chi connectivity index (χ1) is 14.7. The topological polar surface area (TPSA) is 87.3 Å². The first-order valence-electron chi connectivity index (χ1n) is 9.54. The summed E-state index contributed by atoms with van der Waals surface area (Å²) < 4.78 is 28.0. The number of hydrogen-bond donors (Lipinski definition) is 3. The number of benzene rings is 3. The largest absolute Gasteiger partial charge is 0.332 e. The van der Waals surface area contributed by atoms with Crippen molar-refractivity contribution in [3.05, 3.63) is 89.0 Å². The zero-order valence-electron chi connectivity index (χ0n) is 17.4. The van der Waals surface area contributed by atoms with Crippen LogP contribution in [0.1, 0.15) is 27.0 Å². The van der Waals surface area contributed by atoms with Gasteiger partial charge in [0.25, 0.3) is 15.9 Å². The Hall–Kier alpha value is -3.23. The van der Waals surface area contributed by atoms with Crippen LogP contribution in [0.5, 0.6) is 0 Å². The molecule has 0 fully saturated rings. The van der Waals surface area contributed by atoms with Crippen LogP contribution in [0.2, 0.25) is 0 Å². The van der Waals surface area contributed by atoms with Gasteiger partial charge < -0.3 is 5.32 Å². The molecule has 6 nitrogen and oxygen atoms in total. The van der Waals surface area contributed by atoms with Crippen LogP contribution < -0.4 is 15.4 Å². The van der Waals surface area contributed by atoms with Gasteiger partial charge in [0.05, 0.1) is 10.6 Å². The Bertz CT molecular complexity index is 1240. The second kappa shape index (κ2) is 9.28. The van der Waals surface area contributed by atoms with Gasteiger partial charge in [0.2, 0.25) is 0 Å². The second-order valence-electron chi connectivity index (χ2n) is 7.17. The summed E-state index contributed by atoms with van der Waals surface area (Å²) in [6, 6.07) is 18.8. The maximum Gasteiger partial charge on any atom is 0.261 e. The van der Waals surface area contributed by atoms with E-state index in [4.69, 9.17) is 12.2 Å². The molecule has 0 aliphatic carbocycles. The highest BCUT2D eigenvalue weighted by Gasteiger charge is 2.16. The Kier molecular flexibility index (Phi) is 6.72. The number of carbonyl (C=O) groups is 1. The number of amides is 1. The van der Waals surface area contributed by atoms with Crippen LogP contribution in [0.4, 0.5) is 11.4 Å². The number of thiocarbonyl (C=S) groups is 1. The standard InChI is InChI=1S/C23H23N3O3S2/c1-15-8-13-21(17(3)14-15)26-31(28,29)19-11-9-18(10-12-19)24-23(30)25-22(27)20-7-5-4-6-16(20)2/h4-14,26H,1-3H3,(H2,24,25,27,30). The Morgan fingerprint density at radius 2 is 1.55 bits per heavy atom. The molecular weight excluding hydrogens is 430 g/mol. The van der Waals surface area contributed by atoms with Crippen LogP contribution in [0.3, 0.4) is 0 Å². The fourth-order valence-electron chi connectivity index (χ4n) is 3.01. The molecule has 3 N–H and O–H groups in total. The molecule has 0 spiro atoms. The Morgan fingerprint density at radius 1 is 0.871 bits per heavy atom. The van der Waals surface area contributed by atoms with Crippen molar-refractivity contribution in [3.8, 4) is 0 Å². The van der Waals surface area contributed by atoms with Crippen molar-refractivity contribution in [2.45, 2.75) is 25.7 Å². The highest BCUT2D eigenvalue weighted by atomic mass is 32.2. The molecule has 0 heterocycles. The summed E-state index contributed by atoms with van der Waals surface area (Å²) in [7, 11) is -3.73. The molecule has 3 aromatic carbocycles. The van der Waals surface area contributed by atoms with Crippen molar-refractivity contribution in [2.75, 3.05) is 10.0 Å². The average molecular weight is 454 g/mol. The van der Waals surface area contributed by atoms with Crippen LogP contribution in [0, 0.1) is 20.8 Å². The van der Waals surface area contributed by atoms with Gasteiger partial charge in [-0.05, 0) is 80.5 Å². The second-order valence-corrected chi connectivity index (χ2v) is 9.26. The number of anilines is 2. The molecule has 160 valence electrons. The van der Waals surface area contributed by atoms with E-state index in [-0.39, 0.29) is 15.9 Å². The highest BCUT2D eigenvalue weighted by Crippen LogP contribution is 2.22. The summed E-state index contributed by atoms with van der Waals surface area (Å²) in [5.74, 6) is -0.313. The number of rotatable bonds is 5. The molecule has 8 heteroatoms. The minimum absolute atomic E-state index is 0.118. The lowest BCUT2D eigenvalue weighted by Gasteiger charge is -2.13. The Balaban J connectivity index is 1.66. The molecular formula is C23H23N3O3S2. The number of nitrogens with one attached hydrogen (secondary N) is 3. The van der Waals surface area contributed by atoms with Crippen LogP contribution in [-0.4, -0.2) is 19.4 Å². The number of aryl methyl sites for hydroxylation is 3. The number of carbonyl (C=O) groups excluding carboxylic acids is 1. The highest BCUT2D eigenvalue weighted by molar-refractivity contribution is 7.92. The van der Waals surface area contributed by atoms with Crippen LogP contribution in [-0.2, 0) is 10.0 Å². The summed E-state index contributed by atoms with van der Waals surface area (Å²) in [6.07, 6.45) is 0. The molecule has 3 aromatic rings. The molecule has 0 bridgehead atoms. The van der Waals surface area contributed by atoms with Crippen LogP contribution >= 0.6 is 12.2 Å². The Morgan fingerprint density at radius 3 is 2.19 bits per heavy atom. The molecule has 0 aliphatic heterocycles. The van der Waals surface area contributed by atoms with E-state index in [0.29, 0.717) is 16.9 Å². The summed E-state index contributed by atoms with van der Waals surface area (Å²) >= 11 is 5.20. The van der Waals surface area contributed by atoms with Crippen LogP contribution in [0.25, 0.3) is 0 Å². The molecule has 0 atom stereocenters. The predicted molar refractivity (Wildman–Crippen MR) is 128 cm³/mol. The minimum atomic E-state index is -3.73. The average Bonchev–Trinajstić information content (AvgIpc) is 2.70. The monoisotopic (exact) mass is 453 g/mol. The van der Waals surface area contributed by atoms with E-state index >= 15 is 0 Å². The third kappa shape index (κ3) is 5.68. The van der Waals surface area contributed by atoms with Crippen molar-refractivity contribution >= 4 is 44.6 Å². The van der Waals surface area contributed by atoms with Crippen molar-refractivity contribution < 1.29 is 13.2 Å². The van der Waals surface area contributed by atoms with E-state index < -0.39 is 10.0 Å². The SMILES string of the molecule is Cc1ccc(NS(=O)(=O)c2ccc(NC(=S)NC(=O)c3ccccc3C)cc2)c(C)c1. The third-order valence-corrected chi connectivity index (χ3v) is 6.25. The molecule has 0 radical (unpaired) electrons. The zero-order valence-corrected chi connectivity index (χ0v) is 19.0. The summed E-state index contributed by atoms with van der Waals surface area (Å²) in [5, 5.41) is 5.64. The lowest BCUT2D eigenvalue weighted by Crippen LogP contribution is -2.34. The predicted octanol–water partition coefficient (Wildman–Crippen LogP) is 4.54. The van der Waals surface area contributed by atoms with E-state index in [1.165, 1.54) is 12.1 Å². The normalized spacial score (nSPS) is 10.9. The lowest BCUT2D eigenvalue weighted by molar-refractivity contribution is 0.0977. The summed E-state index contributed by atoms with van der Waals surface area (Å²) in [4.78, 5) is 12.5. The summed E-state index contributed by atoms with van der Waals surface area (Å²) in [6.45, 7) is 5.64. The quantitative estimate of drug-likeness (QED) is 0.494. The van der Waals surface area contributed by atoms with Crippen molar-refractivity contribution in [3.63, 3.8) is 0 Å². The number of sulfonamides is 1. The van der Waals surface area contributed by atoms with Crippen molar-refractivity contribution in [2.24, 2.45) is 0 Å². The maximum atomic E-state index is 12.7. The molecule has 0 aliphatic rings. The van der Waals surface area contributed by atoms with Gasteiger partial charge in [0.15, 0.2) is 5.11 Å². The van der Waals surface area contributed by atoms with E-state index in [1.807, 2.05) is 45.0 Å². The Labute approximate surface area is 187 Å². The van der Waals surface area contributed by atoms with Gasteiger partial charge in [-0.3, -0.25) is 14.8 Å². The van der Waals surface area contributed by atoms with Gasteiger partial charge in [-0.25, -0.2) is 8.42 Å². The smallest absolute Gasteiger partial charge is 0.261 e. The molecule has 0 aromatic heterocycles. The van der Waals surface area contributed by atoms with Gasteiger partial charge in [-0.2, -0.15) is 0 Å². The lowest BCUT2D eigenvalue weighted by atomic mass is 10.1. The molecule has 0 unspecified atom stereocenters. The van der Waals surface area contributed by atoms with E-state index in [1.54, 1.807) is 30.3 Å². The maximum absolute atomic E-state index is 12.7. The molecule has 0 saturated heterocycles. The van der Waals surface area contributed by atoms with Crippen molar-refractivity contribution in [1.82, 2.24) is 5.32 Å². The molecule has 3 rings (SSSR count). The van der Waals surface area contributed by atoms with Gasteiger partial charge >= 0.3 is 0 Å². The number of hydrogen-bond acceptors (Lipinski definition) is 4. The van der Waals surface area contributed by atoms with E-state index in [2.05, 4.69) is 15.4 Å². The van der Waals surface area contributed by atoms with Gasteiger partial charge in [-0.15, -0.1) is 0 Å². The fraction of sp³-hybridized carbons (Fsp3) is 0.130. The first kappa shape index (κ1) is 22.5. The first-order valence-corrected chi connectivity index (χ1v) is 11.4. The molecule has 0 saturated carbocycles. The third-order valence-electron chi connectivity index (χ3n) is 4.67. The van der Waals surface area contributed by atoms with E-state index in [0.717, 1.165) is 16.7 Å². The zero-order chi connectivity index (χ0) is 22.6. The van der Waals surface area contributed by atoms with Gasteiger partial charge in [0.1, 0.15) is 0 Å². The van der Waals surface area contributed by atoms with Crippen molar-refractivity contribution in [1.29, 1.82) is 0 Å².